The van der Waals surface area contributed by atoms with Gasteiger partial charge >= 0.3 is 6.61 Å². The molecule has 138 valence electrons. The molecule has 2 amide bonds. The molecule has 0 atom stereocenters. The maximum atomic E-state index is 12.1. The van der Waals surface area contributed by atoms with E-state index < -0.39 is 6.61 Å². The van der Waals surface area contributed by atoms with Gasteiger partial charge in [0.2, 0.25) is 11.8 Å². The first-order chi connectivity index (χ1) is 12.4. The van der Waals surface area contributed by atoms with Crippen molar-refractivity contribution in [1.82, 2.24) is 5.32 Å². The average Bonchev–Trinajstić information content (AvgIpc) is 2.58. The highest BCUT2D eigenvalue weighted by Crippen LogP contribution is 2.16. The lowest BCUT2D eigenvalue weighted by Gasteiger charge is -2.08. The predicted molar refractivity (Wildman–Crippen MR) is 94.0 cm³/mol. The van der Waals surface area contributed by atoms with Gasteiger partial charge in [0.15, 0.2) is 0 Å². The monoisotopic (exact) mass is 362 g/mol. The van der Waals surface area contributed by atoms with Crippen LogP contribution in [-0.2, 0) is 22.6 Å². The molecule has 2 N–H and O–H groups in total. The molecule has 2 aromatic rings. The van der Waals surface area contributed by atoms with E-state index in [0.717, 1.165) is 11.1 Å². The summed E-state index contributed by atoms with van der Waals surface area (Å²) < 4.78 is 28.5. The van der Waals surface area contributed by atoms with Crippen LogP contribution in [0.2, 0.25) is 0 Å². The van der Waals surface area contributed by atoms with Crippen LogP contribution < -0.4 is 15.4 Å². The fourth-order valence-electron chi connectivity index (χ4n) is 2.35. The fraction of sp³-hybridized carbons (Fsp3) is 0.263. The highest BCUT2D eigenvalue weighted by molar-refractivity contribution is 5.88. The Morgan fingerprint density at radius 2 is 1.81 bits per heavy atom. The number of amides is 2. The average molecular weight is 362 g/mol. The Balaban J connectivity index is 1.77. The number of nitrogens with one attached hydrogen (secondary N) is 2. The zero-order valence-electron chi connectivity index (χ0n) is 14.3. The summed E-state index contributed by atoms with van der Waals surface area (Å²) in [5, 5.41) is 5.50. The number of benzene rings is 2. The molecule has 2 rings (SSSR count). The van der Waals surface area contributed by atoms with Crippen molar-refractivity contribution in [3.05, 3.63) is 59.7 Å². The molecule has 26 heavy (non-hydrogen) atoms. The van der Waals surface area contributed by atoms with Crippen molar-refractivity contribution in [2.24, 2.45) is 0 Å². The number of alkyl halides is 2. The fourth-order valence-corrected chi connectivity index (χ4v) is 2.35. The van der Waals surface area contributed by atoms with Crippen molar-refractivity contribution in [3.63, 3.8) is 0 Å². The lowest BCUT2D eigenvalue weighted by molar-refractivity contribution is -0.121. The molecule has 5 nitrogen and oxygen atoms in total. The Bertz CT molecular complexity index is 749. The van der Waals surface area contributed by atoms with Crippen molar-refractivity contribution >= 4 is 17.5 Å². The summed E-state index contributed by atoms with van der Waals surface area (Å²) >= 11 is 0. The summed E-state index contributed by atoms with van der Waals surface area (Å²) in [5.74, 6) is -0.189. The third kappa shape index (κ3) is 6.88. The van der Waals surface area contributed by atoms with E-state index in [1.54, 1.807) is 30.3 Å². The molecule has 0 saturated carbocycles. The van der Waals surface area contributed by atoms with Crippen molar-refractivity contribution in [3.8, 4) is 5.75 Å². The number of hydrogen-bond acceptors (Lipinski definition) is 3. The van der Waals surface area contributed by atoms with Crippen molar-refractivity contribution in [2.45, 2.75) is 32.9 Å². The van der Waals surface area contributed by atoms with Gasteiger partial charge in [-0.25, -0.2) is 0 Å². The van der Waals surface area contributed by atoms with E-state index in [0.29, 0.717) is 18.7 Å². The van der Waals surface area contributed by atoms with E-state index in [1.165, 1.54) is 19.1 Å². The first kappa shape index (κ1) is 19.4. The van der Waals surface area contributed by atoms with Gasteiger partial charge in [-0.3, -0.25) is 9.59 Å². The maximum Gasteiger partial charge on any atom is 0.387 e. The highest BCUT2D eigenvalue weighted by atomic mass is 19.3. The van der Waals surface area contributed by atoms with Crippen molar-refractivity contribution < 1.29 is 23.1 Å². The number of ether oxygens (including phenoxy) is 1. The number of carbonyl (C=O) groups excluding carboxylic acids is 2. The zero-order valence-corrected chi connectivity index (χ0v) is 14.3. The topological polar surface area (TPSA) is 67.4 Å². The van der Waals surface area contributed by atoms with Gasteiger partial charge in [-0.15, -0.1) is 0 Å². The zero-order chi connectivity index (χ0) is 18.9. The second kappa shape index (κ2) is 9.50. The van der Waals surface area contributed by atoms with Gasteiger partial charge in [0.25, 0.3) is 0 Å². The molecule has 0 aliphatic heterocycles. The molecule has 0 spiro atoms. The van der Waals surface area contributed by atoms with E-state index in [2.05, 4.69) is 15.4 Å². The van der Waals surface area contributed by atoms with E-state index in [1.807, 2.05) is 6.07 Å². The van der Waals surface area contributed by atoms with Crippen molar-refractivity contribution in [2.75, 3.05) is 5.32 Å². The first-order valence-corrected chi connectivity index (χ1v) is 8.09. The Morgan fingerprint density at radius 1 is 1.08 bits per heavy atom. The van der Waals surface area contributed by atoms with Crippen LogP contribution in [0.3, 0.4) is 0 Å². The lowest BCUT2D eigenvalue weighted by Crippen LogP contribution is -2.23. The van der Waals surface area contributed by atoms with Gasteiger partial charge in [-0.05, 0) is 41.8 Å². The number of anilines is 1. The summed E-state index contributed by atoms with van der Waals surface area (Å²) in [6, 6.07) is 13.4. The van der Waals surface area contributed by atoms with Crippen LogP contribution in [0, 0.1) is 0 Å². The molecule has 2 aromatic carbocycles. The Morgan fingerprint density at radius 3 is 2.46 bits per heavy atom. The van der Waals surface area contributed by atoms with Crippen molar-refractivity contribution in [1.29, 1.82) is 0 Å². The van der Waals surface area contributed by atoms with Crippen LogP contribution in [0.1, 0.15) is 24.5 Å². The Hall–Kier alpha value is -2.96. The summed E-state index contributed by atoms with van der Waals surface area (Å²) in [6.45, 7) is -1.07. The summed E-state index contributed by atoms with van der Waals surface area (Å²) in [7, 11) is 0. The Labute approximate surface area is 150 Å². The predicted octanol–water partition coefficient (Wildman–Crippen LogP) is 3.50. The van der Waals surface area contributed by atoms with Gasteiger partial charge < -0.3 is 15.4 Å². The smallest absolute Gasteiger partial charge is 0.387 e. The molecule has 0 aliphatic rings. The van der Waals surface area contributed by atoms with Gasteiger partial charge in [-0.2, -0.15) is 8.78 Å². The quantitative estimate of drug-likeness (QED) is 0.755. The number of rotatable bonds is 8. The molecular formula is C19H20F2N2O3. The SMILES string of the molecule is CC(=O)Nc1cccc(CNC(=O)CCc2ccc(OC(F)F)cc2)c1. The summed E-state index contributed by atoms with van der Waals surface area (Å²) in [5.41, 5.74) is 2.41. The second-order valence-electron chi connectivity index (χ2n) is 5.68. The van der Waals surface area contributed by atoms with Gasteiger partial charge in [0.1, 0.15) is 5.75 Å². The van der Waals surface area contributed by atoms with Crippen LogP contribution in [0.15, 0.2) is 48.5 Å². The summed E-state index contributed by atoms with van der Waals surface area (Å²) in [4.78, 5) is 23.0. The molecule has 0 heterocycles. The summed E-state index contributed by atoms with van der Waals surface area (Å²) in [6.07, 6.45) is 0.771. The van der Waals surface area contributed by atoms with Crippen LogP contribution >= 0.6 is 0 Å². The molecule has 0 bridgehead atoms. The minimum Gasteiger partial charge on any atom is -0.435 e. The molecule has 0 unspecified atom stereocenters. The third-order valence-electron chi connectivity index (χ3n) is 3.53. The van der Waals surface area contributed by atoms with Crippen LogP contribution in [0.4, 0.5) is 14.5 Å². The van der Waals surface area contributed by atoms with Crippen LogP contribution in [0.5, 0.6) is 5.75 Å². The number of halogens is 2. The number of aryl methyl sites for hydroxylation is 1. The van der Waals surface area contributed by atoms with Gasteiger partial charge in [0.05, 0.1) is 0 Å². The molecule has 0 aromatic heterocycles. The normalized spacial score (nSPS) is 10.5. The standard InChI is InChI=1S/C19H20F2N2O3/c1-13(24)23-16-4-2-3-15(11-16)12-22-18(25)10-7-14-5-8-17(9-6-14)26-19(20)21/h2-6,8-9,11,19H,7,10,12H2,1H3,(H,22,25)(H,23,24). The van der Waals surface area contributed by atoms with Crippen LogP contribution in [-0.4, -0.2) is 18.4 Å². The molecule has 7 heteroatoms. The highest BCUT2D eigenvalue weighted by Gasteiger charge is 2.06. The van der Waals surface area contributed by atoms with Gasteiger partial charge in [0, 0.05) is 25.6 Å². The lowest BCUT2D eigenvalue weighted by atomic mass is 10.1. The first-order valence-electron chi connectivity index (χ1n) is 8.09. The minimum atomic E-state index is -2.85. The molecule has 0 saturated heterocycles. The number of hydrogen-bond donors (Lipinski definition) is 2. The second-order valence-corrected chi connectivity index (χ2v) is 5.68. The van der Waals surface area contributed by atoms with Gasteiger partial charge in [-0.1, -0.05) is 24.3 Å². The minimum absolute atomic E-state index is 0.0900. The molecular weight excluding hydrogens is 342 g/mol. The molecule has 0 radical (unpaired) electrons. The van der Waals surface area contributed by atoms with E-state index in [4.69, 9.17) is 0 Å². The maximum absolute atomic E-state index is 12.1. The third-order valence-corrected chi connectivity index (χ3v) is 3.53. The van der Waals surface area contributed by atoms with E-state index in [-0.39, 0.29) is 24.0 Å². The molecule has 0 fully saturated rings. The van der Waals surface area contributed by atoms with E-state index >= 15 is 0 Å². The van der Waals surface area contributed by atoms with E-state index in [9.17, 15) is 18.4 Å². The number of carbonyl (C=O) groups is 2. The molecule has 0 aliphatic carbocycles. The Kier molecular flexibility index (Phi) is 7.08. The largest absolute Gasteiger partial charge is 0.435 e. The van der Waals surface area contributed by atoms with Crippen LogP contribution in [0.25, 0.3) is 0 Å².